The van der Waals surface area contributed by atoms with E-state index in [1.807, 2.05) is 0 Å². The molecule has 4 nitrogen and oxygen atoms in total. The molecular formula is C14H29NO3. The number of aliphatic hydroxyl groups excluding tert-OH is 1. The molecule has 1 unspecified atom stereocenters. The van der Waals surface area contributed by atoms with E-state index in [9.17, 15) is 5.11 Å². The van der Waals surface area contributed by atoms with E-state index in [4.69, 9.17) is 9.47 Å². The molecule has 1 saturated heterocycles. The minimum Gasteiger partial charge on any atom is -0.389 e. The van der Waals surface area contributed by atoms with Crippen LogP contribution in [-0.4, -0.2) is 50.2 Å². The van der Waals surface area contributed by atoms with E-state index >= 15 is 0 Å². The predicted molar refractivity (Wildman–Crippen MR) is 72.7 cm³/mol. The maximum absolute atomic E-state index is 9.77. The highest BCUT2D eigenvalue weighted by atomic mass is 16.5. The summed E-state index contributed by atoms with van der Waals surface area (Å²) in [6.45, 7) is 7.91. The monoisotopic (exact) mass is 259 g/mol. The van der Waals surface area contributed by atoms with E-state index in [0.717, 1.165) is 45.0 Å². The zero-order valence-corrected chi connectivity index (χ0v) is 11.9. The van der Waals surface area contributed by atoms with Crippen LogP contribution in [0.4, 0.5) is 0 Å². The molecule has 0 aromatic rings. The number of aliphatic hydroxyl groups is 1. The van der Waals surface area contributed by atoms with Gasteiger partial charge in [0, 0.05) is 32.4 Å². The maximum atomic E-state index is 9.77. The van der Waals surface area contributed by atoms with Gasteiger partial charge in [-0.3, -0.25) is 0 Å². The fourth-order valence-electron chi connectivity index (χ4n) is 2.08. The van der Waals surface area contributed by atoms with E-state index in [1.165, 1.54) is 6.42 Å². The number of nitrogens with one attached hydrogen (secondary N) is 1. The van der Waals surface area contributed by atoms with Crippen molar-refractivity contribution in [2.75, 3.05) is 33.0 Å². The average molecular weight is 259 g/mol. The molecule has 0 spiro atoms. The molecule has 1 aliphatic heterocycles. The Balaban J connectivity index is 1.91. The van der Waals surface area contributed by atoms with Gasteiger partial charge in [-0.2, -0.15) is 0 Å². The first-order chi connectivity index (χ1) is 8.68. The van der Waals surface area contributed by atoms with Gasteiger partial charge in [-0.1, -0.05) is 13.8 Å². The quantitative estimate of drug-likeness (QED) is 0.617. The molecule has 0 amide bonds. The van der Waals surface area contributed by atoms with E-state index in [0.29, 0.717) is 19.2 Å². The Labute approximate surface area is 111 Å². The van der Waals surface area contributed by atoms with Crippen molar-refractivity contribution in [2.24, 2.45) is 5.92 Å². The molecule has 0 radical (unpaired) electrons. The molecule has 1 heterocycles. The van der Waals surface area contributed by atoms with Crippen molar-refractivity contribution in [1.29, 1.82) is 0 Å². The second kappa shape index (κ2) is 9.73. The van der Waals surface area contributed by atoms with Crippen molar-refractivity contribution >= 4 is 0 Å². The molecule has 0 bridgehead atoms. The minimum atomic E-state index is -0.396. The summed E-state index contributed by atoms with van der Waals surface area (Å²) in [7, 11) is 0. The average Bonchev–Trinajstić information content (AvgIpc) is 2.37. The van der Waals surface area contributed by atoms with Gasteiger partial charge >= 0.3 is 0 Å². The summed E-state index contributed by atoms with van der Waals surface area (Å²) in [6.07, 6.45) is 3.96. The number of ether oxygens (including phenoxy) is 2. The highest BCUT2D eigenvalue weighted by Crippen LogP contribution is 2.06. The van der Waals surface area contributed by atoms with Crippen LogP contribution in [0.15, 0.2) is 0 Å². The lowest BCUT2D eigenvalue weighted by Crippen LogP contribution is -2.40. The Morgan fingerprint density at radius 1 is 1.33 bits per heavy atom. The number of rotatable bonds is 9. The molecule has 1 aliphatic rings. The van der Waals surface area contributed by atoms with E-state index in [1.54, 1.807) is 0 Å². The van der Waals surface area contributed by atoms with Crippen molar-refractivity contribution in [2.45, 2.75) is 51.7 Å². The van der Waals surface area contributed by atoms with E-state index in [-0.39, 0.29) is 0 Å². The molecule has 1 rings (SSSR count). The van der Waals surface area contributed by atoms with Gasteiger partial charge in [0.25, 0.3) is 0 Å². The molecular weight excluding hydrogens is 230 g/mol. The van der Waals surface area contributed by atoms with Crippen LogP contribution in [0, 0.1) is 5.92 Å². The third kappa shape index (κ3) is 8.03. The first kappa shape index (κ1) is 15.9. The largest absolute Gasteiger partial charge is 0.389 e. The van der Waals surface area contributed by atoms with Gasteiger partial charge in [0.1, 0.15) is 0 Å². The zero-order chi connectivity index (χ0) is 13.2. The fourth-order valence-corrected chi connectivity index (χ4v) is 2.08. The molecule has 1 fully saturated rings. The molecule has 18 heavy (non-hydrogen) atoms. The molecule has 2 N–H and O–H groups in total. The summed E-state index contributed by atoms with van der Waals surface area (Å²) in [5, 5.41) is 13.1. The molecule has 1 atom stereocenters. The summed E-state index contributed by atoms with van der Waals surface area (Å²) in [5.41, 5.74) is 0. The Kier molecular flexibility index (Phi) is 8.59. The lowest BCUT2D eigenvalue weighted by molar-refractivity contribution is 0.0280. The van der Waals surface area contributed by atoms with Gasteiger partial charge in [-0.15, -0.1) is 0 Å². The van der Waals surface area contributed by atoms with Crippen LogP contribution < -0.4 is 5.32 Å². The van der Waals surface area contributed by atoms with Crippen LogP contribution in [0.25, 0.3) is 0 Å². The van der Waals surface area contributed by atoms with Gasteiger partial charge in [0.15, 0.2) is 0 Å². The fraction of sp³-hybridized carbons (Fsp3) is 1.00. The Hall–Kier alpha value is -0.160. The lowest BCUT2D eigenvalue weighted by Gasteiger charge is -2.24. The topological polar surface area (TPSA) is 50.7 Å². The van der Waals surface area contributed by atoms with Crippen molar-refractivity contribution < 1.29 is 14.6 Å². The van der Waals surface area contributed by atoms with Gasteiger partial charge < -0.3 is 19.9 Å². The normalized spacial score (nSPS) is 19.3. The summed E-state index contributed by atoms with van der Waals surface area (Å²) in [5.74, 6) is 0.730. The van der Waals surface area contributed by atoms with Crippen LogP contribution in [-0.2, 0) is 9.47 Å². The first-order valence-corrected chi connectivity index (χ1v) is 7.25. The van der Waals surface area contributed by atoms with E-state index in [2.05, 4.69) is 19.2 Å². The van der Waals surface area contributed by atoms with Gasteiger partial charge in [-0.25, -0.2) is 0 Å². The SMILES string of the molecule is CC(C)CCCOCC(O)CNC1CCOCC1. The summed E-state index contributed by atoms with van der Waals surface area (Å²) >= 11 is 0. The van der Waals surface area contributed by atoms with Crippen LogP contribution in [0.2, 0.25) is 0 Å². The van der Waals surface area contributed by atoms with Crippen molar-refractivity contribution in [3.05, 3.63) is 0 Å². The lowest BCUT2D eigenvalue weighted by atomic mass is 10.1. The Morgan fingerprint density at radius 2 is 2.06 bits per heavy atom. The first-order valence-electron chi connectivity index (χ1n) is 7.25. The minimum absolute atomic E-state index is 0.396. The second-order valence-electron chi connectivity index (χ2n) is 5.56. The van der Waals surface area contributed by atoms with Crippen LogP contribution in [0.3, 0.4) is 0 Å². The predicted octanol–water partition coefficient (Wildman–Crippen LogP) is 1.57. The van der Waals surface area contributed by atoms with E-state index < -0.39 is 6.10 Å². The Morgan fingerprint density at radius 3 is 2.72 bits per heavy atom. The van der Waals surface area contributed by atoms with Crippen LogP contribution in [0.5, 0.6) is 0 Å². The summed E-state index contributed by atoms with van der Waals surface area (Å²) in [4.78, 5) is 0. The third-order valence-corrected chi connectivity index (χ3v) is 3.24. The zero-order valence-electron chi connectivity index (χ0n) is 11.9. The molecule has 0 aromatic carbocycles. The molecule has 0 aromatic heterocycles. The summed E-state index contributed by atoms with van der Waals surface area (Å²) in [6, 6.07) is 0.495. The van der Waals surface area contributed by atoms with Crippen molar-refractivity contribution in [3.8, 4) is 0 Å². The molecule has 4 heteroatoms. The van der Waals surface area contributed by atoms with Crippen molar-refractivity contribution in [3.63, 3.8) is 0 Å². The Bertz CT molecular complexity index is 193. The van der Waals surface area contributed by atoms with Crippen LogP contribution >= 0.6 is 0 Å². The number of hydrogen-bond acceptors (Lipinski definition) is 4. The third-order valence-electron chi connectivity index (χ3n) is 3.24. The smallest absolute Gasteiger partial charge is 0.0897 e. The van der Waals surface area contributed by atoms with Gasteiger partial charge in [0.2, 0.25) is 0 Å². The highest BCUT2D eigenvalue weighted by molar-refractivity contribution is 4.72. The second-order valence-corrected chi connectivity index (χ2v) is 5.56. The maximum Gasteiger partial charge on any atom is 0.0897 e. The molecule has 108 valence electrons. The highest BCUT2D eigenvalue weighted by Gasteiger charge is 2.14. The molecule has 0 saturated carbocycles. The van der Waals surface area contributed by atoms with Crippen molar-refractivity contribution in [1.82, 2.24) is 5.32 Å². The van der Waals surface area contributed by atoms with Gasteiger partial charge in [-0.05, 0) is 31.6 Å². The standard InChI is InChI=1S/C14H29NO3/c1-12(2)4-3-7-18-11-14(16)10-15-13-5-8-17-9-6-13/h12-16H,3-11H2,1-2H3. The molecule has 0 aliphatic carbocycles. The van der Waals surface area contributed by atoms with Gasteiger partial charge in [0.05, 0.1) is 12.7 Å². The number of hydrogen-bond donors (Lipinski definition) is 2. The van der Waals surface area contributed by atoms with Crippen LogP contribution in [0.1, 0.15) is 39.5 Å². The summed E-state index contributed by atoms with van der Waals surface area (Å²) < 4.78 is 10.8.